The van der Waals surface area contributed by atoms with Crippen molar-refractivity contribution < 1.29 is 22.7 Å². The molecule has 156 valence electrons. The number of halogens is 1. The summed E-state index contributed by atoms with van der Waals surface area (Å²) in [7, 11) is -2.26. The highest BCUT2D eigenvalue weighted by Crippen LogP contribution is 2.24. The molecule has 0 atom stereocenters. The molecular weight excluding hydrogens is 428 g/mol. The minimum atomic E-state index is -3.79. The summed E-state index contributed by atoms with van der Waals surface area (Å²) in [5.41, 5.74) is 1.51. The highest BCUT2D eigenvalue weighted by Gasteiger charge is 2.13. The normalized spacial score (nSPS) is 11.0. The number of sulfonamides is 1. The Kier molecular flexibility index (Phi) is 6.61. The van der Waals surface area contributed by atoms with Crippen LogP contribution in [0.15, 0.2) is 71.6 Å². The van der Waals surface area contributed by atoms with Crippen molar-refractivity contribution in [3.05, 3.63) is 82.9 Å². The van der Waals surface area contributed by atoms with Gasteiger partial charge >= 0.3 is 0 Å². The summed E-state index contributed by atoms with van der Waals surface area (Å²) < 4.78 is 33.8. The highest BCUT2D eigenvalue weighted by molar-refractivity contribution is 7.89. The number of hydrogen-bond acceptors (Lipinski definition) is 5. The van der Waals surface area contributed by atoms with Gasteiger partial charge in [0.2, 0.25) is 10.0 Å². The van der Waals surface area contributed by atoms with E-state index in [1.165, 1.54) is 31.4 Å². The van der Waals surface area contributed by atoms with E-state index in [0.29, 0.717) is 33.3 Å². The van der Waals surface area contributed by atoms with Crippen molar-refractivity contribution in [3.63, 3.8) is 0 Å². The van der Waals surface area contributed by atoms with Crippen molar-refractivity contribution in [2.75, 3.05) is 12.4 Å². The molecule has 0 fully saturated rings. The van der Waals surface area contributed by atoms with E-state index in [-0.39, 0.29) is 17.4 Å². The summed E-state index contributed by atoms with van der Waals surface area (Å²) >= 11 is 5.87. The lowest BCUT2D eigenvalue weighted by molar-refractivity contribution is 0.102. The van der Waals surface area contributed by atoms with Crippen LogP contribution in [-0.2, 0) is 16.6 Å². The van der Waals surface area contributed by atoms with Gasteiger partial charge in [0, 0.05) is 21.8 Å². The Morgan fingerprint density at radius 2 is 1.70 bits per heavy atom. The van der Waals surface area contributed by atoms with Gasteiger partial charge in [0.25, 0.3) is 5.91 Å². The summed E-state index contributed by atoms with van der Waals surface area (Å²) in [6.07, 6.45) is 0. The smallest absolute Gasteiger partial charge is 0.255 e. The first kappa shape index (κ1) is 21.6. The minimum Gasteiger partial charge on any atom is -0.496 e. The molecule has 0 saturated heterocycles. The van der Waals surface area contributed by atoms with Crippen molar-refractivity contribution in [2.45, 2.75) is 11.5 Å². The lowest BCUT2D eigenvalue weighted by Gasteiger charge is -2.13. The SMILES string of the molecule is COc1ccc(C(=O)Nc2ccc(S(N)(=O)=O)cc2)cc1COc1ccc(Cl)cc1. The second-order valence-corrected chi connectivity index (χ2v) is 8.29. The van der Waals surface area contributed by atoms with Crippen molar-refractivity contribution in [1.29, 1.82) is 0 Å². The minimum absolute atomic E-state index is 0.0356. The molecule has 1 amide bonds. The van der Waals surface area contributed by atoms with Gasteiger partial charge in [-0.1, -0.05) is 11.6 Å². The molecule has 0 unspecified atom stereocenters. The van der Waals surface area contributed by atoms with Crippen molar-refractivity contribution in [3.8, 4) is 11.5 Å². The number of carbonyl (C=O) groups excluding carboxylic acids is 1. The third-order valence-corrected chi connectivity index (χ3v) is 5.37. The molecule has 30 heavy (non-hydrogen) atoms. The number of ether oxygens (including phenoxy) is 2. The number of carbonyl (C=O) groups is 1. The van der Waals surface area contributed by atoms with Crippen molar-refractivity contribution in [1.82, 2.24) is 0 Å². The molecule has 0 heterocycles. The number of benzene rings is 3. The maximum absolute atomic E-state index is 12.6. The predicted molar refractivity (Wildman–Crippen MR) is 115 cm³/mol. The molecule has 0 saturated carbocycles. The number of hydrogen-bond donors (Lipinski definition) is 2. The van der Waals surface area contributed by atoms with Gasteiger partial charge in [-0.25, -0.2) is 13.6 Å². The Bertz CT molecular complexity index is 1150. The van der Waals surface area contributed by atoms with E-state index in [1.54, 1.807) is 42.5 Å². The Hall–Kier alpha value is -3.07. The van der Waals surface area contributed by atoms with E-state index < -0.39 is 10.0 Å². The fourth-order valence-electron chi connectivity index (χ4n) is 2.66. The van der Waals surface area contributed by atoms with Gasteiger partial charge in [-0.2, -0.15) is 0 Å². The second-order valence-electron chi connectivity index (χ2n) is 6.29. The van der Waals surface area contributed by atoms with Gasteiger partial charge in [-0.15, -0.1) is 0 Å². The van der Waals surface area contributed by atoms with Crippen molar-refractivity contribution >= 4 is 33.2 Å². The molecule has 3 N–H and O–H groups in total. The summed E-state index contributed by atoms with van der Waals surface area (Å²) in [5, 5.41) is 8.39. The van der Waals surface area contributed by atoms with E-state index >= 15 is 0 Å². The average Bonchev–Trinajstić information content (AvgIpc) is 2.73. The summed E-state index contributed by atoms with van der Waals surface area (Å²) in [6, 6.07) is 17.5. The highest BCUT2D eigenvalue weighted by atomic mass is 35.5. The zero-order chi connectivity index (χ0) is 21.7. The van der Waals surface area contributed by atoms with Crippen LogP contribution in [0.5, 0.6) is 11.5 Å². The number of nitrogens with one attached hydrogen (secondary N) is 1. The van der Waals surface area contributed by atoms with Gasteiger partial charge in [0.15, 0.2) is 0 Å². The molecule has 0 bridgehead atoms. The van der Waals surface area contributed by atoms with E-state index in [2.05, 4.69) is 5.32 Å². The number of anilines is 1. The number of rotatable bonds is 7. The molecule has 0 aromatic heterocycles. The first-order valence-corrected chi connectivity index (χ1v) is 10.7. The van der Waals surface area contributed by atoms with Crippen LogP contribution in [0.25, 0.3) is 0 Å². The first-order chi connectivity index (χ1) is 14.3. The molecule has 3 aromatic carbocycles. The van der Waals surface area contributed by atoms with Gasteiger partial charge < -0.3 is 14.8 Å². The number of amides is 1. The molecule has 0 aliphatic rings. The topological polar surface area (TPSA) is 108 Å². The summed E-state index contributed by atoms with van der Waals surface area (Å²) in [5.74, 6) is 0.845. The summed E-state index contributed by atoms with van der Waals surface area (Å²) in [4.78, 5) is 12.6. The lowest BCUT2D eigenvalue weighted by atomic mass is 10.1. The lowest BCUT2D eigenvalue weighted by Crippen LogP contribution is -2.14. The molecule has 0 aliphatic heterocycles. The standard InChI is InChI=1S/C21H19ClN2O5S/c1-28-20-11-2-14(12-15(20)13-29-18-7-3-16(22)4-8-18)21(25)24-17-5-9-19(10-6-17)30(23,26)27/h2-12H,13H2,1H3,(H,24,25)(H2,23,26,27). The predicted octanol–water partition coefficient (Wildman–Crippen LogP) is 3.83. The maximum Gasteiger partial charge on any atom is 0.255 e. The zero-order valence-corrected chi connectivity index (χ0v) is 17.5. The molecule has 0 aliphatic carbocycles. The summed E-state index contributed by atoms with van der Waals surface area (Å²) in [6.45, 7) is 0.189. The first-order valence-electron chi connectivity index (χ1n) is 8.76. The maximum atomic E-state index is 12.6. The Morgan fingerprint density at radius 3 is 2.30 bits per heavy atom. The molecular formula is C21H19ClN2O5S. The van der Waals surface area contributed by atoms with Gasteiger partial charge in [-0.05, 0) is 66.7 Å². The van der Waals surface area contributed by atoms with E-state index in [9.17, 15) is 13.2 Å². The molecule has 7 nitrogen and oxygen atoms in total. The zero-order valence-electron chi connectivity index (χ0n) is 16.0. The quantitative estimate of drug-likeness (QED) is 0.573. The Morgan fingerprint density at radius 1 is 1.03 bits per heavy atom. The van der Waals surface area contributed by atoms with Crippen LogP contribution < -0.4 is 19.9 Å². The molecule has 9 heteroatoms. The van der Waals surface area contributed by atoms with Gasteiger partial charge in [0.05, 0.1) is 12.0 Å². The van der Waals surface area contributed by atoms with Crippen LogP contribution >= 0.6 is 11.6 Å². The van der Waals surface area contributed by atoms with Crippen LogP contribution in [0.1, 0.15) is 15.9 Å². The molecule has 3 aromatic rings. The second kappa shape index (κ2) is 9.17. The van der Waals surface area contributed by atoms with E-state index in [0.717, 1.165) is 0 Å². The Labute approximate surface area is 179 Å². The van der Waals surface area contributed by atoms with Crippen LogP contribution in [0.2, 0.25) is 5.02 Å². The Balaban J connectivity index is 1.74. The van der Waals surface area contributed by atoms with Crippen molar-refractivity contribution in [2.24, 2.45) is 5.14 Å². The fourth-order valence-corrected chi connectivity index (χ4v) is 3.30. The van der Waals surface area contributed by atoms with Crippen LogP contribution in [0.3, 0.4) is 0 Å². The third-order valence-electron chi connectivity index (χ3n) is 4.19. The number of primary sulfonamides is 1. The molecule has 0 radical (unpaired) electrons. The molecule has 0 spiro atoms. The van der Waals surface area contributed by atoms with Crippen LogP contribution in [0, 0.1) is 0 Å². The van der Waals surface area contributed by atoms with Crippen LogP contribution in [0.4, 0.5) is 5.69 Å². The third kappa shape index (κ3) is 5.50. The average molecular weight is 447 g/mol. The van der Waals surface area contributed by atoms with Gasteiger partial charge in [0.1, 0.15) is 18.1 Å². The fraction of sp³-hybridized carbons (Fsp3) is 0.0952. The monoisotopic (exact) mass is 446 g/mol. The van der Waals surface area contributed by atoms with E-state index in [4.69, 9.17) is 26.2 Å². The largest absolute Gasteiger partial charge is 0.496 e. The molecule has 3 rings (SSSR count). The van der Waals surface area contributed by atoms with Gasteiger partial charge in [-0.3, -0.25) is 4.79 Å². The number of nitrogens with two attached hydrogens (primary N) is 1. The van der Waals surface area contributed by atoms with Crippen LogP contribution in [-0.4, -0.2) is 21.4 Å². The number of methoxy groups -OCH3 is 1. The van der Waals surface area contributed by atoms with E-state index in [1.807, 2.05) is 0 Å².